The Morgan fingerprint density at radius 2 is 1.55 bits per heavy atom. The van der Waals surface area contributed by atoms with Crippen LogP contribution in [0.1, 0.15) is 11.1 Å². The van der Waals surface area contributed by atoms with Crippen molar-refractivity contribution in [2.75, 3.05) is 0 Å². The van der Waals surface area contributed by atoms with E-state index < -0.39 is 17.0 Å². The number of halogens is 4. The number of rotatable bonds is 5. The largest absolute Gasteiger partial charge is 0.416 e. The third-order valence-electron chi connectivity index (χ3n) is 4.80. The first-order valence-corrected chi connectivity index (χ1v) is 9.79. The quantitative estimate of drug-likeness (QED) is 0.330. The van der Waals surface area contributed by atoms with Crippen LogP contribution < -0.4 is 0 Å². The zero-order valence-corrected chi connectivity index (χ0v) is 16.9. The molecular weight excluding hydrogens is 425 g/mol. The van der Waals surface area contributed by atoms with Gasteiger partial charge in [-0.25, -0.2) is 4.68 Å². The number of hydrogen-bond donors (Lipinski definition) is 0. The Morgan fingerprint density at radius 1 is 0.871 bits per heavy atom. The molecule has 0 aliphatic carbocycles. The van der Waals surface area contributed by atoms with Gasteiger partial charge in [-0.2, -0.15) is 18.3 Å². The van der Waals surface area contributed by atoms with Crippen molar-refractivity contribution >= 4 is 16.8 Å². The molecule has 0 amide bonds. The number of alkyl halides is 3. The molecule has 0 fully saturated rings. The van der Waals surface area contributed by atoms with E-state index in [-0.39, 0.29) is 12.1 Å². The van der Waals surface area contributed by atoms with E-state index in [1.165, 1.54) is 16.8 Å². The predicted molar refractivity (Wildman–Crippen MR) is 114 cm³/mol. The van der Waals surface area contributed by atoms with Gasteiger partial charge in [0.1, 0.15) is 0 Å². The summed E-state index contributed by atoms with van der Waals surface area (Å²) < 4.78 is 40.7. The highest BCUT2D eigenvalue weighted by Crippen LogP contribution is 2.32. The average Bonchev–Trinajstić information content (AvgIpc) is 3.17. The number of nitrogens with zero attached hydrogens (tertiary/aromatic N) is 2. The standard InChI is InChI=1S/C24H16ClF3N2O/c25-22(31)13-19-15-30(21-11-5-10-20(14-21)24(26,27)28)29-23(19)18-9-4-8-17(12-18)16-6-2-1-3-7-16/h1-12,14-15H,13H2. The summed E-state index contributed by atoms with van der Waals surface area (Å²) in [5.74, 6) is 0. The van der Waals surface area contributed by atoms with Crippen LogP contribution in [0.4, 0.5) is 13.2 Å². The zero-order chi connectivity index (χ0) is 22.0. The Kier molecular flexibility index (Phi) is 5.65. The van der Waals surface area contributed by atoms with Gasteiger partial charge in [-0.3, -0.25) is 4.79 Å². The molecule has 0 bridgehead atoms. The third kappa shape index (κ3) is 4.70. The molecule has 0 radical (unpaired) electrons. The molecule has 0 atom stereocenters. The van der Waals surface area contributed by atoms with Crippen LogP contribution in [0.25, 0.3) is 28.1 Å². The molecule has 0 aliphatic heterocycles. The maximum atomic E-state index is 13.1. The Labute approximate surface area is 181 Å². The lowest BCUT2D eigenvalue weighted by atomic mass is 10.00. The monoisotopic (exact) mass is 440 g/mol. The summed E-state index contributed by atoms with van der Waals surface area (Å²) in [6.07, 6.45) is -3.02. The van der Waals surface area contributed by atoms with E-state index in [2.05, 4.69) is 5.10 Å². The van der Waals surface area contributed by atoms with Crippen molar-refractivity contribution in [3.8, 4) is 28.1 Å². The maximum absolute atomic E-state index is 13.1. The predicted octanol–water partition coefficient (Wildman–Crippen LogP) is 6.53. The van der Waals surface area contributed by atoms with Crippen molar-refractivity contribution < 1.29 is 18.0 Å². The van der Waals surface area contributed by atoms with Gasteiger partial charge in [0, 0.05) is 17.3 Å². The van der Waals surface area contributed by atoms with Crippen LogP contribution in [-0.2, 0) is 17.4 Å². The summed E-state index contributed by atoms with van der Waals surface area (Å²) in [6, 6.07) is 22.2. The lowest BCUT2D eigenvalue weighted by Gasteiger charge is -2.08. The normalized spacial score (nSPS) is 11.5. The van der Waals surface area contributed by atoms with Gasteiger partial charge in [-0.15, -0.1) is 0 Å². The highest BCUT2D eigenvalue weighted by Gasteiger charge is 2.30. The number of benzene rings is 3. The first-order chi connectivity index (χ1) is 14.8. The SMILES string of the molecule is O=C(Cl)Cc1cn(-c2cccc(C(F)(F)F)c2)nc1-c1cccc(-c2ccccc2)c1. The molecule has 156 valence electrons. The molecule has 0 spiro atoms. The van der Waals surface area contributed by atoms with E-state index >= 15 is 0 Å². The van der Waals surface area contributed by atoms with Gasteiger partial charge in [0.25, 0.3) is 0 Å². The summed E-state index contributed by atoms with van der Waals surface area (Å²) in [5, 5.41) is 3.92. The van der Waals surface area contributed by atoms with E-state index in [4.69, 9.17) is 11.6 Å². The number of hydrogen-bond acceptors (Lipinski definition) is 2. The van der Waals surface area contributed by atoms with E-state index in [9.17, 15) is 18.0 Å². The van der Waals surface area contributed by atoms with Crippen LogP contribution in [-0.4, -0.2) is 15.0 Å². The molecular formula is C24H16ClF3N2O. The third-order valence-corrected chi connectivity index (χ3v) is 4.93. The van der Waals surface area contributed by atoms with Gasteiger partial charge in [-0.05, 0) is 47.0 Å². The smallest absolute Gasteiger partial charge is 0.281 e. The molecule has 1 aromatic heterocycles. The minimum atomic E-state index is -4.47. The molecule has 4 rings (SSSR count). The molecule has 0 saturated heterocycles. The molecule has 0 saturated carbocycles. The highest BCUT2D eigenvalue weighted by atomic mass is 35.5. The van der Waals surface area contributed by atoms with Gasteiger partial charge < -0.3 is 0 Å². The molecule has 0 unspecified atom stereocenters. The molecule has 3 aromatic carbocycles. The van der Waals surface area contributed by atoms with E-state index in [1.807, 2.05) is 54.6 Å². The topological polar surface area (TPSA) is 34.9 Å². The van der Waals surface area contributed by atoms with Crippen LogP contribution in [0, 0.1) is 0 Å². The number of aromatic nitrogens is 2. The molecule has 0 N–H and O–H groups in total. The van der Waals surface area contributed by atoms with Gasteiger partial charge >= 0.3 is 6.18 Å². The Morgan fingerprint density at radius 3 is 2.26 bits per heavy atom. The number of carbonyl (C=O) groups is 1. The fourth-order valence-electron chi connectivity index (χ4n) is 3.37. The van der Waals surface area contributed by atoms with Gasteiger partial charge in [0.15, 0.2) is 0 Å². The summed E-state index contributed by atoms with van der Waals surface area (Å²) >= 11 is 5.61. The van der Waals surface area contributed by atoms with Crippen LogP contribution in [0.15, 0.2) is 85.1 Å². The molecule has 0 aliphatic rings. The fourth-order valence-corrected chi connectivity index (χ4v) is 3.51. The fraction of sp³-hybridized carbons (Fsp3) is 0.0833. The van der Waals surface area contributed by atoms with Crippen LogP contribution in [0.5, 0.6) is 0 Å². The summed E-state index contributed by atoms with van der Waals surface area (Å²) in [6.45, 7) is 0. The van der Waals surface area contributed by atoms with E-state index in [0.29, 0.717) is 11.3 Å². The Balaban J connectivity index is 1.80. The Hall–Kier alpha value is -3.38. The van der Waals surface area contributed by atoms with Crippen molar-refractivity contribution in [1.82, 2.24) is 9.78 Å². The summed E-state index contributed by atoms with van der Waals surface area (Å²) in [5.41, 5.74) is 3.19. The van der Waals surface area contributed by atoms with Gasteiger partial charge in [0.2, 0.25) is 5.24 Å². The maximum Gasteiger partial charge on any atom is 0.416 e. The van der Waals surface area contributed by atoms with Crippen molar-refractivity contribution in [2.24, 2.45) is 0 Å². The average molecular weight is 441 g/mol. The summed E-state index contributed by atoms with van der Waals surface area (Å²) in [4.78, 5) is 11.6. The van der Waals surface area contributed by atoms with Crippen molar-refractivity contribution in [3.05, 3.63) is 96.2 Å². The molecule has 1 heterocycles. The van der Waals surface area contributed by atoms with Crippen molar-refractivity contribution in [3.63, 3.8) is 0 Å². The lowest BCUT2D eigenvalue weighted by molar-refractivity contribution is -0.137. The summed E-state index contributed by atoms with van der Waals surface area (Å²) in [7, 11) is 0. The minimum absolute atomic E-state index is 0.0919. The second-order valence-electron chi connectivity index (χ2n) is 6.97. The molecule has 3 nitrogen and oxygen atoms in total. The van der Waals surface area contributed by atoms with E-state index in [0.717, 1.165) is 28.8 Å². The molecule has 7 heteroatoms. The Bertz CT molecular complexity index is 1230. The second-order valence-corrected chi connectivity index (χ2v) is 7.40. The van der Waals surface area contributed by atoms with Crippen LogP contribution in [0.3, 0.4) is 0 Å². The highest BCUT2D eigenvalue weighted by molar-refractivity contribution is 6.63. The van der Waals surface area contributed by atoms with Crippen molar-refractivity contribution in [2.45, 2.75) is 12.6 Å². The second kappa shape index (κ2) is 8.40. The van der Waals surface area contributed by atoms with E-state index in [1.54, 1.807) is 6.20 Å². The van der Waals surface area contributed by atoms with Crippen molar-refractivity contribution in [1.29, 1.82) is 0 Å². The zero-order valence-electron chi connectivity index (χ0n) is 16.1. The molecule has 31 heavy (non-hydrogen) atoms. The first kappa shape index (κ1) is 20.9. The number of carbonyl (C=O) groups excluding carboxylic acids is 1. The van der Waals surface area contributed by atoms with Gasteiger partial charge in [0.05, 0.1) is 23.4 Å². The molecule has 4 aromatic rings. The van der Waals surface area contributed by atoms with Gasteiger partial charge in [-0.1, -0.05) is 54.6 Å². The van der Waals surface area contributed by atoms with Crippen LogP contribution in [0.2, 0.25) is 0 Å². The lowest BCUT2D eigenvalue weighted by Crippen LogP contribution is -2.06. The van der Waals surface area contributed by atoms with Crippen LogP contribution >= 0.6 is 11.6 Å². The minimum Gasteiger partial charge on any atom is -0.281 e. The first-order valence-electron chi connectivity index (χ1n) is 9.41.